The summed E-state index contributed by atoms with van der Waals surface area (Å²) >= 11 is 0. The molecule has 1 saturated carbocycles. The summed E-state index contributed by atoms with van der Waals surface area (Å²) in [4.78, 5) is 29.0. The van der Waals surface area contributed by atoms with E-state index >= 15 is 0 Å². The van der Waals surface area contributed by atoms with E-state index in [-0.39, 0.29) is 17.7 Å². The van der Waals surface area contributed by atoms with Gasteiger partial charge in [0.05, 0.1) is 0 Å². The van der Waals surface area contributed by atoms with Crippen molar-refractivity contribution in [1.82, 2.24) is 15.1 Å². The van der Waals surface area contributed by atoms with Crippen molar-refractivity contribution in [3.8, 4) is 0 Å². The molecule has 0 atom stereocenters. The molecule has 0 spiro atoms. The summed E-state index contributed by atoms with van der Waals surface area (Å²) in [6, 6.07) is 8.62. The Bertz CT molecular complexity index is 655. The maximum absolute atomic E-state index is 12.5. The number of nitrogens with one attached hydrogen (secondary N) is 1. The molecule has 2 amide bonds. The molecule has 0 bridgehead atoms. The molecule has 2 saturated heterocycles. The number of piperidine rings is 1. The number of hydrogen-bond acceptors (Lipinski definition) is 3. The first-order valence-electron chi connectivity index (χ1n) is 10.6. The lowest BCUT2D eigenvalue weighted by molar-refractivity contribution is -0.136. The number of rotatable bonds is 6. The van der Waals surface area contributed by atoms with Crippen LogP contribution in [0.15, 0.2) is 24.3 Å². The van der Waals surface area contributed by atoms with Crippen LogP contribution in [-0.4, -0.2) is 47.8 Å². The van der Waals surface area contributed by atoms with E-state index in [1.54, 1.807) is 0 Å². The van der Waals surface area contributed by atoms with Gasteiger partial charge in [0, 0.05) is 38.0 Å². The van der Waals surface area contributed by atoms with E-state index in [0.717, 1.165) is 50.9 Å². The fourth-order valence-corrected chi connectivity index (χ4v) is 4.25. The highest BCUT2D eigenvalue weighted by molar-refractivity contribution is 5.82. The van der Waals surface area contributed by atoms with Gasteiger partial charge in [-0.1, -0.05) is 24.3 Å². The molecule has 0 radical (unpaired) electrons. The first-order chi connectivity index (χ1) is 13.2. The third-order valence-corrected chi connectivity index (χ3v) is 6.20. The zero-order valence-corrected chi connectivity index (χ0v) is 16.2. The highest BCUT2D eigenvalue weighted by Gasteiger charge is 2.35. The summed E-state index contributed by atoms with van der Waals surface area (Å²) in [6.45, 7) is 5.51. The minimum absolute atomic E-state index is 0.0442. The second-order valence-corrected chi connectivity index (χ2v) is 8.39. The number of likely N-dealkylation sites (tertiary alicyclic amines) is 2. The SMILES string of the molecule is O=C(NCc1ccc(CN2CCCC2)cc1)C1CCN(C(=O)C2CC2)CC1. The highest BCUT2D eigenvalue weighted by Crippen LogP contribution is 2.32. The van der Waals surface area contributed by atoms with Crippen LogP contribution in [0.25, 0.3) is 0 Å². The van der Waals surface area contributed by atoms with E-state index in [1.807, 2.05) is 4.90 Å². The topological polar surface area (TPSA) is 52.7 Å². The van der Waals surface area contributed by atoms with Crippen LogP contribution in [0.2, 0.25) is 0 Å². The van der Waals surface area contributed by atoms with E-state index in [0.29, 0.717) is 12.5 Å². The Morgan fingerprint density at radius 3 is 2.11 bits per heavy atom. The molecule has 3 aliphatic rings. The molecule has 5 nitrogen and oxygen atoms in total. The van der Waals surface area contributed by atoms with Crippen LogP contribution in [-0.2, 0) is 22.7 Å². The van der Waals surface area contributed by atoms with Crippen LogP contribution in [0.1, 0.15) is 49.7 Å². The maximum atomic E-state index is 12.5. The molecule has 1 N–H and O–H groups in total. The summed E-state index contributed by atoms with van der Waals surface area (Å²) in [6.07, 6.45) is 6.32. The monoisotopic (exact) mass is 369 g/mol. The lowest BCUT2D eigenvalue weighted by Gasteiger charge is -2.31. The lowest BCUT2D eigenvalue weighted by atomic mass is 9.95. The van der Waals surface area contributed by atoms with Gasteiger partial charge in [0.1, 0.15) is 0 Å². The van der Waals surface area contributed by atoms with Gasteiger partial charge in [0.15, 0.2) is 0 Å². The van der Waals surface area contributed by atoms with Gasteiger partial charge in [-0.3, -0.25) is 14.5 Å². The van der Waals surface area contributed by atoms with Crippen molar-refractivity contribution in [2.24, 2.45) is 11.8 Å². The molecule has 5 heteroatoms. The molecule has 1 aromatic rings. The molecule has 2 heterocycles. The summed E-state index contributed by atoms with van der Waals surface area (Å²) in [5.74, 6) is 0.768. The first-order valence-corrected chi connectivity index (χ1v) is 10.6. The van der Waals surface area contributed by atoms with Crippen LogP contribution in [0, 0.1) is 11.8 Å². The smallest absolute Gasteiger partial charge is 0.225 e. The quantitative estimate of drug-likeness (QED) is 0.838. The Balaban J connectivity index is 1.19. The number of amides is 2. The highest BCUT2D eigenvalue weighted by atomic mass is 16.2. The van der Waals surface area contributed by atoms with Crippen LogP contribution in [0.5, 0.6) is 0 Å². The summed E-state index contributed by atoms with van der Waals surface area (Å²) in [5.41, 5.74) is 2.49. The molecule has 3 fully saturated rings. The van der Waals surface area contributed by atoms with E-state index < -0.39 is 0 Å². The predicted octanol–water partition coefficient (Wildman–Crippen LogP) is 2.55. The molecule has 27 heavy (non-hydrogen) atoms. The summed E-state index contributed by atoms with van der Waals surface area (Å²) in [5, 5.41) is 3.09. The Morgan fingerprint density at radius 1 is 0.852 bits per heavy atom. The largest absolute Gasteiger partial charge is 0.352 e. The van der Waals surface area contributed by atoms with Gasteiger partial charge in [-0.15, -0.1) is 0 Å². The molecule has 4 rings (SSSR count). The molecule has 1 aromatic carbocycles. The minimum Gasteiger partial charge on any atom is -0.352 e. The van der Waals surface area contributed by atoms with Crippen molar-refractivity contribution in [2.45, 2.75) is 51.6 Å². The van der Waals surface area contributed by atoms with E-state index in [4.69, 9.17) is 0 Å². The van der Waals surface area contributed by atoms with E-state index in [9.17, 15) is 9.59 Å². The zero-order valence-electron chi connectivity index (χ0n) is 16.2. The molecular weight excluding hydrogens is 338 g/mol. The fraction of sp³-hybridized carbons (Fsp3) is 0.636. The Morgan fingerprint density at radius 2 is 1.48 bits per heavy atom. The number of hydrogen-bond donors (Lipinski definition) is 1. The fourth-order valence-electron chi connectivity index (χ4n) is 4.25. The summed E-state index contributed by atoms with van der Waals surface area (Å²) in [7, 11) is 0. The second-order valence-electron chi connectivity index (χ2n) is 8.39. The van der Waals surface area contributed by atoms with Gasteiger partial charge in [-0.2, -0.15) is 0 Å². The minimum atomic E-state index is 0.0442. The molecule has 0 unspecified atom stereocenters. The number of carbonyl (C=O) groups excluding carboxylic acids is 2. The van der Waals surface area contributed by atoms with Gasteiger partial charge in [0.2, 0.25) is 11.8 Å². The van der Waals surface area contributed by atoms with E-state index in [2.05, 4.69) is 34.5 Å². The van der Waals surface area contributed by atoms with Gasteiger partial charge < -0.3 is 10.2 Å². The van der Waals surface area contributed by atoms with Gasteiger partial charge in [-0.25, -0.2) is 0 Å². The van der Waals surface area contributed by atoms with Crippen LogP contribution >= 0.6 is 0 Å². The molecule has 1 aliphatic carbocycles. The van der Waals surface area contributed by atoms with Crippen molar-refractivity contribution in [3.63, 3.8) is 0 Å². The maximum Gasteiger partial charge on any atom is 0.225 e. The Hall–Kier alpha value is -1.88. The summed E-state index contributed by atoms with van der Waals surface area (Å²) < 4.78 is 0. The van der Waals surface area contributed by atoms with Crippen molar-refractivity contribution in [3.05, 3.63) is 35.4 Å². The molecule has 146 valence electrons. The number of benzene rings is 1. The predicted molar refractivity (Wildman–Crippen MR) is 105 cm³/mol. The van der Waals surface area contributed by atoms with Crippen molar-refractivity contribution < 1.29 is 9.59 Å². The van der Waals surface area contributed by atoms with Gasteiger partial charge >= 0.3 is 0 Å². The standard InChI is InChI=1S/C22H31N3O2/c26-21(19-9-13-25(14-10-19)22(27)20-7-8-20)23-15-17-3-5-18(6-4-17)16-24-11-1-2-12-24/h3-6,19-20H,1-2,7-16H2,(H,23,26). The second kappa shape index (κ2) is 8.42. The Labute approximate surface area is 162 Å². The Kier molecular flexibility index (Phi) is 5.77. The average Bonchev–Trinajstić information content (AvgIpc) is 3.44. The van der Waals surface area contributed by atoms with Crippen molar-refractivity contribution in [1.29, 1.82) is 0 Å². The normalized spacial score (nSPS) is 21.4. The van der Waals surface area contributed by atoms with Gasteiger partial charge in [0.25, 0.3) is 0 Å². The lowest BCUT2D eigenvalue weighted by Crippen LogP contribution is -2.43. The van der Waals surface area contributed by atoms with E-state index in [1.165, 1.54) is 31.5 Å². The van der Waals surface area contributed by atoms with Crippen LogP contribution < -0.4 is 5.32 Å². The van der Waals surface area contributed by atoms with Crippen LogP contribution in [0.3, 0.4) is 0 Å². The third kappa shape index (κ3) is 4.89. The van der Waals surface area contributed by atoms with Crippen molar-refractivity contribution >= 4 is 11.8 Å². The van der Waals surface area contributed by atoms with Gasteiger partial charge in [-0.05, 0) is 62.7 Å². The molecule has 2 aliphatic heterocycles. The average molecular weight is 370 g/mol. The third-order valence-electron chi connectivity index (χ3n) is 6.20. The van der Waals surface area contributed by atoms with Crippen LogP contribution in [0.4, 0.5) is 0 Å². The first kappa shape index (κ1) is 18.5. The number of carbonyl (C=O) groups is 2. The zero-order chi connectivity index (χ0) is 18.6. The molecule has 0 aromatic heterocycles. The van der Waals surface area contributed by atoms with Crippen molar-refractivity contribution in [2.75, 3.05) is 26.2 Å². The number of nitrogens with zero attached hydrogens (tertiary/aromatic N) is 2. The molecular formula is C22H31N3O2.